The number of nitrogens with zero attached hydrogens (tertiary/aromatic N) is 1. The van der Waals surface area contributed by atoms with Crippen molar-refractivity contribution in [1.29, 1.82) is 0 Å². The van der Waals surface area contributed by atoms with Gasteiger partial charge in [0, 0.05) is 5.56 Å². The number of hydrogen-bond donors (Lipinski definition) is 1. The molecular formula is C13H11IN2O3. The molecule has 19 heavy (non-hydrogen) atoms. The standard InChI is InChI=1S/C13H11IN2O3/c1-18-10-4-2-9(3-5-10)13(17)16-15-8-11-6-7-12(14)19-11/h2-8H,1H3,(H,16,17)/b15-8-. The molecule has 6 heteroatoms. The van der Waals surface area contributed by atoms with Crippen molar-refractivity contribution in [2.45, 2.75) is 0 Å². The van der Waals surface area contributed by atoms with Crippen LogP contribution in [0.1, 0.15) is 16.1 Å². The number of hydrazone groups is 1. The summed E-state index contributed by atoms with van der Waals surface area (Å²) in [5, 5.41) is 3.82. The third-order valence-electron chi connectivity index (χ3n) is 2.30. The van der Waals surface area contributed by atoms with Crippen molar-refractivity contribution in [1.82, 2.24) is 5.43 Å². The van der Waals surface area contributed by atoms with E-state index in [0.29, 0.717) is 17.1 Å². The van der Waals surface area contributed by atoms with Gasteiger partial charge < -0.3 is 9.15 Å². The van der Waals surface area contributed by atoms with E-state index in [4.69, 9.17) is 9.15 Å². The first kappa shape index (κ1) is 13.6. The number of halogens is 1. The van der Waals surface area contributed by atoms with Crippen LogP contribution in [0.4, 0.5) is 0 Å². The molecule has 2 aromatic rings. The number of carbonyl (C=O) groups excluding carboxylic acids is 1. The molecule has 0 saturated carbocycles. The van der Waals surface area contributed by atoms with E-state index in [2.05, 4.69) is 33.1 Å². The summed E-state index contributed by atoms with van der Waals surface area (Å²) in [5.41, 5.74) is 2.93. The van der Waals surface area contributed by atoms with Crippen molar-refractivity contribution in [3.05, 3.63) is 51.5 Å². The van der Waals surface area contributed by atoms with Crippen molar-refractivity contribution in [3.8, 4) is 5.75 Å². The molecule has 0 radical (unpaired) electrons. The van der Waals surface area contributed by atoms with Gasteiger partial charge in [0.2, 0.25) is 0 Å². The van der Waals surface area contributed by atoms with Gasteiger partial charge in [-0.25, -0.2) is 5.43 Å². The Morgan fingerprint density at radius 2 is 2.05 bits per heavy atom. The largest absolute Gasteiger partial charge is 0.497 e. The lowest BCUT2D eigenvalue weighted by Gasteiger charge is -2.01. The topological polar surface area (TPSA) is 63.8 Å². The molecule has 0 saturated heterocycles. The highest BCUT2D eigenvalue weighted by Crippen LogP contribution is 2.11. The molecule has 98 valence electrons. The molecule has 0 bridgehead atoms. The predicted octanol–water partition coefficient (Wildman–Crippen LogP) is 2.66. The highest BCUT2D eigenvalue weighted by atomic mass is 127. The van der Waals surface area contributed by atoms with E-state index in [1.54, 1.807) is 37.4 Å². The maximum absolute atomic E-state index is 11.7. The lowest BCUT2D eigenvalue weighted by Crippen LogP contribution is -2.17. The summed E-state index contributed by atoms with van der Waals surface area (Å²) in [6, 6.07) is 10.3. The zero-order valence-electron chi connectivity index (χ0n) is 10.1. The number of benzene rings is 1. The van der Waals surface area contributed by atoms with Crippen molar-refractivity contribution >= 4 is 34.7 Å². The number of amides is 1. The quantitative estimate of drug-likeness (QED) is 0.511. The van der Waals surface area contributed by atoms with E-state index < -0.39 is 0 Å². The Bertz CT molecular complexity index is 590. The van der Waals surface area contributed by atoms with Crippen molar-refractivity contribution < 1.29 is 13.9 Å². The summed E-state index contributed by atoms with van der Waals surface area (Å²) in [6.45, 7) is 0. The SMILES string of the molecule is COc1ccc(C(=O)N/N=C\c2ccc(I)o2)cc1. The van der Waals surface area contributed by atoms with Gasteiger partial charge in [0.15, 0.2) is 3.77 Å². The average molecular weight is 370 g/mol. The second-order valence-electron chi connectivity index (χ2n) is 3.57. The van der Waals surface area contributed by atoms with Crippen molar-refractivity contribution in [2.75, 3.05) is 7.11 Å². The summed E-state index contributed by atoms with van der Waals surface area (Å²) in [6.07, 6.45) is 1.45. The normalized spacial score (nSPS) is 10.6. The third kappa shape index (κ3) is 3.82. The first-order valence-corrected chi connectivity index (χ1v) is 6.50. The fourth-order valence-electron chi connectivity index (χ4n) is 1.36. The summed E-state index contributed by atoms with van der Waals surface area (Å²) in [4.78, 5) is 11.7. The van der Waals surface area contributed by atoms with Gasteiger partial charge in [0.25, 0.3) is 5.91 Å². The molecule has 1 N–H and O–H groups in total. The van der Waals surface area contributed by atoms with Crippen molar-refractivity contribution in [3.63, 3.8) is 0 Å². The zero-order chi connectivity index (χ0) is 13.7. The molecular weight excluding hydrogens is 359 g/mol. The van der Waals surface area contributed by atoms with Crippen LogP contribution in [-0.4, -0.2) is 19.2 Å². The minimum absolute atomic E-state index is 0.292. The minimum atomic E-state index is -0.292. The molecule has 0 aliphatic carbocycles. The summed E-state index contributed by atoms with van der Waals surface area (Å²) >= 11 is 2.05. The van der Waals surface area contributed by atoms with Crippen LogP contribution >= 0.6 is 22.6 Å². The zero-order valence-corrected chi connectivity index (χ0v) is 12.2. The van der Waals surface area contributed by atoms with Crippen LogP contribution < -0.4 is 10.2 Å². The van der Waals surface area contributed by atoms with Gasteiger partial charge >= 0.3 is 0 Å². The van der Waals surface area contributed by atoms with E-state index in [1.807, 2.05) is 6.07 Å². The van der Waals surface area contributed by atoms with Crippen LogP contribution in [0, 0.1) is 3.77 Å². The fourth-order valence-corrected chi connectivity index (χ4v) is 1.79. The van der Waals surface area contributed by atoms with E-state index in [-0.39, 0.29) is 5.91 Å². The van der Waals surface area contributed by atoms with Crippen LogP contribution in [0.5, 0.6) is 5.75 Å². The first-order chi connectivity index (χ1) is 9.19. The number of nitrogens with one attached hydrogen (secondary N) is 1. The van der Waals surface area contributed by atoms with E-state index in [9.17, 15) is 4.79 Å². The number of carbonyl (C=O) groups is 1. The van der Waals surface area contributed by atoms with Crippen LogP contribution in [0.3, 0.4) is 0 Å². The van der Waals surface area contributed by atoms with Gasteiger partial charge in [-0.1, -0.05) is 0 Å². The monoisotopic (exact) mass is 370 g/mol. The lowest BCUT2D eigenvalue weighted by molar-refractivity contribution is 0.0955. The Morgan fingerprint density at radius 3 is 2.63 bits per heavy atom. The van der Waals surface area contributed by atoms with E-state index in [0.717, 1.165) is 3.77 Å². The number of ether oxygens (including phenoxy) is 1. The highest BCUT2D eigenvalue weighted by Gasteiger charge is 2.04. The van der Waals surface area contributed by atoms with Crippen LogP contribution in [0.15, 0.2) is 45.9 Å². The molecule has 2 rings (SSSR count). The summed E-state index contributed by atoms with van der Waals surface area (Å²) in [5.74, 6) is 0.991. The predicted molar refractivity (Wildman–Crippen MR) is 79.5 cm³/mol. The molecule has 0 aliphatic heterocycles. The molecule has 1 heterocycles. The number of methoxy groups -OCH3 is 1. The average Bonchev–Trinajstić information content (AvgIpc) is 2.84. The number of rotatable bonds is 4. The lowest BCUT2D eigenvalue weighted by atomic mass is 10.2. The van der Waals surface area contributed by atoms with E-state index in [1.165, 1.54) is 6.21 Å². The van der Waals surface area contributed by atoms with Crippen LogP contribution in [0.2, 0.25) is 0 Å². The molecule has 1 aromatic carbocycles. The van der Waals surface area contributed by atoms with Gasteiger partial charge in [-0.3, -0.25) is 4.79 Å². The molecule has 0 spiro atoms. The van der Waals surface area contributed by atoms with Gasteiger partial charge in [-0.2, -0.15) is 5.10 Å². The van der Waals surface area contributed by atoms with Gasteiger partial charge in [0.05, 0.1) is 13.3 Å². The second-order valence-corrected chi connectivity index (χ2v) is 4.63. The smallest absolute Gasteiger partial charge is 0.271 e. The Kier molecular flexibility index (Phi) is 4.56. The van der Waals surface area contributed by atoms with Gasteiger partial charge in [-0.05, 0) is 59.0 Å². The Balaban J connectivity index is 1.95. The summed E-state index contributed by atoms with van der Waals surface area (Å²) in [7, 11) is 1.57. The molecule has 1 aromatic heterocycles. The Labute approximate surface area is 123 Å². The maximum Gasteiger partial charge on any atom is 0.271 e. The Morgan fingerprint density at radius 1 is 1.32 bits per heavy atom. The number of furan rings is 1. The molecule has 0 unspecified atom stereocenters. The number of hydrogen-bond acceptors (Lipinski definition) is 4. The highest BCUT2D eigenvalue weighted by molar-refractivity contribution is 14.1. The van der Waals surface area contributed by atoms with Gasteiger partial charge in [0.1, 0.15) is 11.5 Å². The summed E-state index contributed by atoms with van der Waals surface area (Å²) < 4.78 is 11.1. The molecule has 5 nitrogen and oxygen atoms in total. The maximum atomic E-state index is 11.7. The minimum Gasteiger partial charge on any atom is -0.497 e. The van der Waals surface area contributed by atoms with Crippen LogP contribution in [-0.2, 0) is 0 Å². The first-order valence-electron chi connectivity index (χ1n) is 5.42. The second kappa shape index (κ2) is 6.37. The molecule has 0 aliphatic rings. The molecule has 0 atom stereocenters. The van der Waals surface area contributed by atoms with Gasteiger partial charge in [-0.15, -0.1) is 0 Å². The third-order valence-corrected chi connectivity index (χ3v) is 2.88. The Hall–Kier alpha value is -1.83. The van der Waals surface area contributed by atoms with E-state index >= 15 is 0 Å². The molecule has 1 amide bonds. The van der Waals surface area contributed by atoms with Crippen LogP contribution in [0.25, 0.3) is 0 Å². The fraction of sp³-hybridized carbons (Fsp3) is 0.0769. The van der Waals surface area contributed by atoms with Crippen molar-refractivity contribution in [2.24, 2.45) is 5.10 Å². The molecule has 0 fully saturated rings.